The number of esters is 1. The smallest absolute Gasteiger partial charge is 0.308 e. The standard InChI is InChI=1S/C12H9BrN2O3S/c1-6(16)18-9-3-2-8(13)4-7(9)5-10-11(17)15-12(14)19-10/h2-5H,1H3,(H2,14,15,17)/b10-5-. The maximum Gasteiger partial charge on any atom is 0.308 e. The van der Waals surface area contributed by atoms with E-state index in [4.69, 9.17) is 10.5 Å². The average molecular weight is 341 g/mol. The van der Waals surface area contributed by atoms with Gasteiger partial charge in [0, 0.05) is 17.0 Å². The number of aliphatic imine (C=N–C) groups is 1. The summed E-state index contributed by atoms with van der Waals surface area (Å²) in [5.41, 5.74) is 6.08. The molecule has 1 aliphatic heterocycles. The van der Waals surface area contributed by atoms with Crippen LogP contribution in [0.15, 0.2) is 32.6 Å². The van der Waals surface area contributed by atoms with E-state index in [9.17, 15) is 9.59 Å². The number of halogens is 1. The fraction of sp³-hybridized carbons (Fsp3) is 0.0833. The van der Waals surface area contributed by atoms with Crippen LogP contribution in [-0.2, 0) is 9.59 Å². The van der Waals surface area contributed by atoms with Crippen molar-refractivity contribution in [2.24, 2.45) is 10.7 Å². The molecule has 0 aliphatic carbocycles. The minimum absolute atomic E-state index is 0.209. The normalized spacial score (nSPS) is 16.6. The van der Waals surface area contributed by atoms with Gasteiger partial charge in [-0.1, -0.05) is 15.9 Å². The van der Waals surface area contributed by atoms with Crippen molar-refractivity contribution in [3.8, 4) is 5.75 Å². The second-order valence-corrected chi connectivity index (χ2v) is 5.62. The molecule has 1 amide bonds. The molecule has 1 aromatic carbocycles. The number of nitrogens with two attached hydrogens (primary N) is 1. The molecule has 0 bridgehead atoms. The highest BCUT2D eigenvalue weighted by Gasteiger charge is 2.20. The van der Waals surface area contributed by atoms with E-state index in [1.807, 2.05) is 0 Å². The molecule has 0 unspecified atom stereocenters. The molecular weight excluding hydrogens is 332 g/mol. The molecule has 2 N–H and O–H groups in total. The van der Waals surface area contributed by atoms with Gasteiger partial charge in [-0.3, -0.25) is 9.59 Å². The summed E-state index contributed by atoms with van der Waals surface area (Å²) in [7, 11) is 0. The maximum absolute atomic E-state index is 11.5. The summed E-state index contributed by atoms with van der Waals surface area (Å²) in [6.07, 6.45) is 1.60. The van der Waals surface area contributed by atoms with Gasteiger partial charge in [-0.25, -0.2) is 0 Å². The van der Waals surface area contributed by atoms with Gasteiger partial charge >= 0.3 is 5.97 Å². The summed E-state index contributed by atoms with van der Waals surface area (Å²) in [6.45, 7) is 1.32. The molecule has 0 spiro atoms. The van der Waals surface area contributed by atoms with Crippen molar-refractivity contribution >= 4 is 50.8 Å². The molecule has 0 aromatic heterocycles. The molecular formula is C12H9BrN2O3S. The van der Waals surface area contributed by atoms with Crippen molar-refractivity contribution in [3.05, 3.63) is 33.1 Å². The molecule has 7 heteroatoms. The van der Waals surface area contributed by atoms with Crippen LogP contribution < -0.4 is 10.5 Å². The molecule has 0 atom stereocenters. The summed E-state index contributed by atoms with van der Waals surface area (Å²) in [5.74, 6) is -0.443. The maximum atomic E-state index is 11.5. The third-order valence-corrected chi connectivity index (χ3v) is 3.46. The van der Waals surface area contributed by atoms with Gasteiger partial charge in [-0.2, -0.15) is 4.99 Å². The number of hydrogen-bond acceptors (Lipinski definition) is 5. The summed E-state index contributed by atoms with van der Waals surface area (Å²) in [4.78, 5) is 26.6. The largest absolute Gasteiger partial charge is 0.426 e. The van der Waals surface area contributed by atoms with Gasteiger partial charge in [-0.15, -0.1) is 0 Å². The third kappa shape index (κ3) is 3.45. The molecule has 2 rings (SSSR count). The lowest BCUT2D eigenvalue weighted by Crippen LogP contribution is -2.03. The Morgan fingerprint density at radius 2 is 2.26 bits per heavy atom. The van der Waals surface area contributed by atoms with E-state index >= 15 is 0 Å². The van der Waals surface area contributed by atoms with E-state index in [0.717, 1.165) is 16.2 Å². The fourth-order valence-corrected chi connectivity index (χ4v) is 2.50. The topological polar surface area (TPSA) is 81.8 Å². The number of rotatable bonds is 2. The number of benzene rings is 1. The molecule has 98 valence electrons. The molecule has 1 aromatic rings. The second kappa shape index (κ2) is 5.58. The summed E-state index contributed by atoms with van der Waals surface area (Å²) in [6, 6.07) is 5.13. The first-order valence-electron chi connectivity index (χ1n) is 5.21. The summed E-state index contributed by atoms with van der Waals surface area (Å²) >= 11 is 4.41. The molecule has 0 radical (unpaired) electrons. The van der Waals surface area contributed by atoms with Crippen molar-refractivity contribution in [2.45, 2.75) is 6.92 Å². The Morgan fingerprint density at radius 3 is 2.84 bits per heavy atom. The zero-order chi connectivity index (χ0) is 14.0. The van der Waals surface area contributed by atoms with Crippen LogP contribution in [0.4, 0.5) is 0 Å². The fourth-order valence-electron chi connectivity index (χ4n) is 1.45. The monoisotopic (exact) mass is 340 g/mol. The third-order valence-electron chi connectivity index (χ3n) is 2.15. The minimum atomic E-state index is -0.428. The van der Waals surface area contributed by atoms with Crippen LogP contribution >= 0.6 is 27.7 Å². The van der Waals surface area contributed by atoms with Crippen molar-refractivity contribution in [1.29, 1.82) is 0 Å². The zero-order valence-electron chi connectivity index (χ0n) is 9.84. The lowest BCUT2D eigenvalue weighted by atomic mass is 10.2. The van der Waals surface area contributed by atoms with Gasteiger partial charge in [-0.05, 0) is 36.0 Å². The van der Waals surface area contributed by atoms with Crippen LogP contribution in [0.1, 0.15) is 12.5 Å². The number of carbonyl (C=O) groups excluding carboxylic acids is 2. The van der Waals surface area contributed by atoms with Gasteiger partial charge < -0.3 is 10.5 Å². The number of nitrogens with zero attached hydrogens (tertiary/aromatic N) is 1. The molecule has 1 heterocycles. The van der Waals surface area contributed by atoms with Gasteiger partial charge in [0.05, 0.1) is 4.91 Å². The van der Waals surface area contributed by atoms with Crippen molar-refractivity contribution in [2.75, 3.05) is 0 Å². The van der Waals surface area contributed by atoms with E-state index in [1.54, 1.807) is 24.3 Å². The van der Waals surface area contributed by atoms with E-state index in [2.05, 4.69) is 20.9 Å². The molecule has 5 nitrogen and oxygen atoms in total. The quantitative estimate of drug-likeness (QED) is 0.507. The van der Waals surface area contributed by atoms with Gasteiger partial charge in [0.25, 0.3) is 5.91 Å². The minimum Gasteiger partial charge on any atom is -0.426 e. The number of ether oxygens (including phenoxy) is 1. The van der Waals surface area contributed by atoms with Crippen LogP contribution in [-0.4, -0.2) is 17.0 Å². The van der Waals surface area contributed by atoms with Gasteiger partial charge in [0.2, 0.25) is 0 Å². The number of thioether (sulfide) groups is 1. The van der Waals surface area contributed by atoms with Crippen LogP contribution in [0.2, 0.25) is 0 Å². The second-order valence-electron chi connectivity index (χ2n) is 3.64. The Balaban J connectivity index is 2.39. The number of amides is 1. The Morgan fingerprint density at radius 1 is 1.53 bits per heavy atom. The number of carbonyl (C=O) groups is 2. The van der Waals surface area contributed by atoms with Gasteiger partial charge in [0.15, 0.2) is 5.17 Å². The Bertz CT molecular complexity index is 625. The van der Waals surface area contributed by atoms with E-state index in [-0.39, 0.29) is 5.17 Å². The Hall–Kier alpha value is -1.60. The Labute approximate surface area is 122 Å². The zero-order valence-corrected chi connectivity index (χ0v) is 12.2. The van der Waals surface area contributed by atoms with Crippen molar-refractivity contribution in [3.63, 3.8) is 0 Å². The predicted molar refractivity (Wildman–Crippen MR) is 77.6 cm³/mol. The van der Waals surface area contributed by atoms with Gasteiger partial charge in [0.1, 0.15) is 5.75 Å². The SMILES string of the molecule is CC(=O)Oc1ccc(Br)cc1/C=C1\SC(N)=NC1=O. The van der Waals surface area contributed by atoms with Crippen LogP contribution in [0.25, 0.3) is 6.08 Å². The first-order chi connectivity index (χ1) is 8.95. The van der Waals surface area contributed by atoms with E-state index < -0.39 is 11.9 Å². The highest BCUT2D eigenvalue weighted by atomic mass is 79.9. The molecule has 0 saturated carbocycles. The van der Waals surface area contributed by atoms with Crippen molar-refractivity contribution < 1.29 is 14.3 Å². The van der Waals surface area contributed by atoms with E-state index in [0.29, 0.717) is 16.2 Å². The highest BCUT2D eigenvalue weighted by molar-refractivity contribution is 9.10. The molecule has 19 heavy (non-hydrogen) atoms. The average Bonchev–Trinajstić information content (AvgIpc) is 2.61. The first kappa shape index (κ1) is 13.8. The first-order valence-corrected chi connectivity index (χ1v) is 6.82. The van der Waals surface area contributed by atoms with Crippen LogP contribution in [0.5, 0.6) is 5.75 Å². The number of hydrogen-bond donors (Lipinski definition) is 1. The Kier molecular flexibility index (Phi) is 4.06. The van der Waals surface area contributed by atoms with Crippen molar-refractivity contribution in [1.82, 2.24) is 0 Å². The molecule has 1 aliphatic rings. The summed E-state index contributed by atoms with van der Waals surface area (Å²) in [5, 5.41) is 0.209. The van der Waals surface area contributed by atoms with E-state index in [1.165, 1.54) is 6.92 Å². The predicted octanol–water partition coefficient (Wildman–Crippen LogP) is 2.30. The number of amidine groups is 1. The summed E-state index contributed by atoms with van der Waals surface area (Å²) < 4.78 is 5.88. The van der Waals surface area contributed by atoms with Crippen LogP contribution in [0, 0.1) is 0 Å². The van der Waals surface area contributed by atoms with Crippen LogP contribution in [0.3, 0.4) is 0 Å². The lowest BCUT2D eigenvalue weighted by Gasteiger charge is -2.06. The molecule has 0 saturated heterocycles. The highest BCUT2D eigenvalue weighted by Crippen LogP contribution is 2.31. The lowest BCUT2D eigenvalue weighted by molar-refractivity contribution is -0.131. The molecule has 0 fully saturated rings.